The van der Waals surface area contributed by atoms with Gasteiger partial charge in [0.1, 0.15) is 0 Å². The molecule has 0 aliphatic rings. The van der Waals surface area contributed by atoms with Gasteiger partial charge in [0.15, 0.2) is 0 Å². The van der Waals surface area contributed by atoms with Crippen molar-refractivity contribution in [1.29, 1.82) is 0 Å². The molecule has 0 fully saturated rings. The second-order valence-electron chi connectivity index (χ2n) is 10.7. The van der Waals surface area contributed by atoms with Gasteiger partial charge in [0.25, 0.3) is 0 Å². The lowest BCUT2D eigenvalue weighted by Gasteiger charge is -2.31. The molecule has 0 aliphatic heterocycles. The maximum absolute atomic E-state index is 11.8. The number of alkyl carbamates (subject to hydrolysis) is 1. The average molecular weight is 488 g/mol. The van der Waals surface area contributed by atoms with Crippen molar-refractivity contribution in [1.82, 2.24) is 5.32 Å². The van der Waals surface area contributed by atoms with Gasteiger partial charge in [-0.1, -0.05) is 77.6 Å². The Bertz CT molecular complexity index is 468. The minimum Gasteiger partial charge on any atom is -0.449 e. The number of unbranched alkanes of at least 4 members (excludes halogenated alkanes) is 11. The van der Waals surface area contributed by atoms with Crippen LogP contribution in [0.5, 0.6) is 0 Å². The molecule has 6 nitrogen and oxygen atoms in total. The number of amides is 1. The highest BCUT2D eigenvalue weighted by Gasteiger charge is 2.24. The molecule has 0 heterocycles. The Morgan fingerprint density at radius 3 is 1.79 bits per heavy atom. The minimum absolute atomic E-state index is 0.321. The van der Waals surface area contributed by atoms with Crippen molar-refractivity contribution in [2.75, 3.05) is 40.1 Å². The fourth-order valence-electron chi connectivity index (χ4n) is 3.45. The molecular formula is C28H57NO5. The highest BCUT2D eigenvalue weighted by Crippen LogP contribution is 2.19. The number of ether oxygens (including phenoxy) is 4. The summed E-state index contributed by atoms with van der Waals surface area (Å²) in [4.78, 5) is 11.8. The summed E-state index contributed by atoms with van der Waals surface area (Å²) in [7, 11) is 1.67. The van der Waals surface area contributed by atoms with E-state index in [-0.39, 0.29) is 17.3 Å². The average Bonchev–Trinajstić information content (AvgIpc) is 2.80. The SMILES string of the molecule is CCCCCCCCCCCCCCOCCCNC(=O)OCCC(C)(C)OCC(C)(C)OC. The van der Waals surface area contributed by atoms with E-state index in [1.165, 1.54) is 70.6 Å². The summed E-state index contributed by atoms with van der Waals surface area (Å²) in [6.07, 6.45) is 17.3. The van der Waals surface area contributed by atoms with Gasteiger partial charge >= 0.3 is 6.09 Å². The molecular weight excluding hydrogens is 430 g/mol. The Morgan fingerprint density at radius 1 is 0.706 bits per heavy atom. The summed E-state index contributed by atoms with van der Waals surface area (Å²) in [6.45, 7) is 13.1. The summed E-state index contributed by atoms with van der Waals surface area (Å²) in [6, 6.07) is 0. The number of methoxy groups -OCH3 is 1. The third kappa shape index (κ3) is 22.9. The van der Waals surface area contributed by atoms with Crippen LogP contribution < -0.4 is 5.32 Å². The monoisotopic (exact) mass is 487 g/mol. The van der Waals surface area contributed by atoms with Crippen molar-refractivity contribution in [3.05, 3.63) is 0 Å². The zero-order valence-corrected chi connectivity index (χ0v) is 23.5. The van der Waals surface area contributed by atoms with Crippen LogP contribution in [0.3, 0.4) is 0 Å². The van der Waals surface area contributed by atoms with E-state index in [4.69, 9.17) is 18.9 Å². The van der Waals surface area contributed by atoms with E-state index in [0.29, 0.717) is 32.8 Å². The van der Waals surface area contributed by atoms with Crippen molar-refractivity contribution >= 4 is 6.09 Å². The van der Waals surface area contributed by atoms with Gasteiger partial charge in [0.2, 0.25) is 0 Å². The van der Waals surface area contributed by atoms with Gasteiger partial charge in [-0.3, -0.25) is 0 Å². The van der Waals surface area contributed by atoms with Crippen molar-refractivity contribution in [2.45, 2.75) is 136 Å². The highest BCUT2D eigenvalue weighted by molar-refractivity contribution is 5.66. The number of rotatable bonds is 24. The quantitative estimate of drug-likeness (QED) is 0.143. The minimum atomic E-state index is -0.381. The van der Waals surface area contributed by atoms with E-state index >= 15 is 0 Å². The van der Waals surface area contributed by atoms with Crippen LogP contribution in [0.4, 0.5) is 4.79 Å². The van der Waals surface area contributed by atoms with Crippen LogP contribution in [0.2, 0.25) is 0 Å². The first kappa shape index (κ1) is 33.1. The first-order chi connectivity index (χ1) is 16.2. The van der Waals surface area contributed by atoms with Gasteiger partial charge in [-0.05, 0) is 40.5 Å². The molecule has 0 spiro atoms. The third-order valence-electron chi connectivity index (χ3n) is 6.18. The van der Waals surface area contributed by atoms with Crippen molar-refractivity contribution < 1.29 is 23.7 Å². The molecule has 0 aromatic rings. The van der Waals surface area contributed by atoms with Crippen LogP contribution in [-0.2, 0) is 18.9 Å². The van der Waals surface area contributed by atoms with Gasteiger partial charge in [-0.2, -0.15) is 0 Å². The van der Waals surface area contributed by atoms with Crippen LogP contribution in [0.1, 0.15) is 125 Å². The van der Waals surface area contributed by atoms with Crippen LogP contribution in [-0.4, -0.2) is 57.4 Å². The first-order valence-electron chi connectivity index (χ1n) is 13.9. The second kappa shape index (κ2) is 21.4. The maximum Gasteiger partial charge on any atom is 0.407 e. The van der Waals surface area contributed by atoms with Crippen molar-refractivity contribution in [2.24, 2.45) is 0 Å². The Kier molecular flexibility index (Phi) is 20.9. The lowest BCUT2D eigenvalue weighted by atomic mass is 10.1. The molecule has 0 atom stereocenters. The molecule has 1 N–H and O–H groups in total. The van der Waals surface area contributed by atoms with Crippen LogP contribution in [0, 0.1) is 0 Å². The number of carbonyl (C=O) groups is 1. The second-order valence-corrected chi connectivity index (χ2v) is 10.7. The molecule has 0 aromatic heterocycles. The zero-order valence-electron chi connectivity index (χ0n) is 23.5. The number of carbonyl (C=O) groups excluding carboxylic acids is 1. The molecule has 0 aromatic carbocycles. The zero-order chi connectivity index (χ0) is 25.5. The number of hydrogen-bond donors (Lipinski definition) is 1. The van der Waals surface area contributed by atoms with Gasteiger partial charge < -0.3 is 24.3 Å². The fraction of sp³-hybridized carbons (Fsp3) is 0.964. The van der Waals surface area contributed by atoms with E-state index in [9.17, 15) is 4.79 Å². The van der Waals surface area contributed by atoms with Gasteiger partial charge in [0.05, 0.1) is 24.4 Å². The van der Waals surface area contributed by atoms with Gasteiger partial charge in [-0.25, -0.2) is 4.79 Å². The molecule has 204 valence electrons. The standard InChI is InChI=1S/C28H57NO5/c1-7-8-9-10-11-12-13-14-15-16-17-18-22-32-23-19-21-29-26(30)33-24-20-27(2,3)34-25-28(4,5)31-6/h7-25H2,1-6H3,(H,29,30). The molecule has 0 bridgehead atoms. The predicted octanol–water partition coefficient (Wildman–Crippen LogP) is 7.43. The van der Waals surface area contributed by atoms with E-state index in [0.717, 1.165) is 19.4 Å². The molecule has 0 saturated carbocycles. The maximum atomic E-state index is 11.8. The van der Waals surface area contributed by atoms with E-state index in [1.807, 2.05) is 27.7 Å². The largest absolute Gasteiger partial charge is 0.449 e. The van der Waals surface area contributed by atoms with Crippen LogP contribution >= 0.6 is 0 Å². The summed E-state index contributed by atoms with van der Waals surface area (Å²) < 4.78 is 22.2. The van der Waals surface area contributed by atoms with Gasteiger partial charge in [0, 0.05) is 33.3 Å². The van der Waals surface area contributed by atoms with Crippen molar-refractivity contribution in [3.8, 4) is 0 Å². The van der Waals surface area contributed by atoms with E-state index in [2.05, 4.69) is 12.2 Å². The topological polar surface area (TPSA) is 66.0 Å². The Balaban J connectivity index is 3.40. The number of nitrogens with one attached hydrogen (secondary N) is 1. The Hall–Kier alpha value is -0.850. The molecule has 0 unspecified atom stereocenters. The normalized spacial score (nSPS) is 12.2. The summed E-state index contributed by atoms with van der Waals surface area (Å²) >= 11 is 0. The molecule has 0 aliphatic carbocycles. The van der Waals surface area contributed by atoms with Gasteiger partial charge in [-0.15, -0.1) is 0 Å². The lowest BCUT2D eigenvalue weighted by Crippen LogP contribution is -2.37. The lowest BCUT2D eigenvalue weighted by molar-refractivity contribution is -0.112. The Morgan fingerprint density at radius 2 is 1.24 bits per heavy atom. The Labute approximate surface area is 211 Å². The van der Waals surface area contributed by atoms with E-state index < -0.39 is 0 Å². The molecule has 0 saturated heterocycles. The van der Waals surface area contributed by atoms with Crippen molar-refractivity contribution in [3.63, 3.8) is 0 Å². The smallest absolute Gasteiger partial charge is 0.407 e. The molecule has 0 radical (unpaired) electrons. The summed E-state index contributed by atoms with van der Waals surface area (Å²) in [5, 5.41) is 2.78. The predicted molar refractivity (Wildman–Crippen MR) is 142 cm³/mol. The molecule has 6 heteroatoms. The summed E-state index contributed by atoms with van der Waals surface area (Å²) in [5.74, 6) is 0. The van der Waals surface area contributed by atoms with E-state index in [1.54, 1.807) is 7.11 Å². The van der Waals surface area contributed by atoms with Crippen LogP contribution in [0.15, 0.2) is 0 Å². The summed E-state index contributed by atoms with van der Waals surface area (Å²) in [5.41, 5.74) is -0.706. The fourth-order valence-corrected chi connectivity index (χ4v) is 3.45. The molecule has 0 rings (SSSR count). The highest BCUT2D eigenvalue weighted by atomic mass is 16.6. The third-order valence-corrected chi connectivity index (χ3v) is 6.18. The number of hydrogen-bond acceptors (Lipinski definition) is 5. The molecule has 34 heavy (non-hydrogen) atoms. The molecule has 1 amide bonds. The van der Waals surface area contributed by atoms with Crippen LogP contribution in [0.25, 0.3) is 0 Å². The first-order valence-corrected chi connectivity index (χ1v) is 13.9.